The fraction of sp³-hybridized carbons (Fsp3) is 0.350. The van der Waals surface area contributed by atoms with Gasteiger partial charge in [0, 0.05) is 19.6 Å². The highest BCUT2D eigenvalue weighted by atomic mass is 32.2. The molecule has 0 bridgehead atoms. The Morgan fingerprint density at radius 2 is 1.66 bits per heavy atom. The van der Waals surface area contributed by atoms with Crippen molar-refractivity contribution in [1.82, 2.24) is 13.9 Å². The molecule has 0 unspecified atom stereocenters. The van der Waals surface area contributed by atoms with Gasteiger partial charge in [0.1, 0.15) is 0 Å². The molecule has 3 aromatic rings. The van der Waals surface area contributed by atoms with Crippen molar-refractivity contribution in [2.45, 2.75) is 30.5 Å². The number of hydrogen-bond acceptors (Lipinski definition) is 3. The predicted molar refractivity (Wildman–Crippen MR) is 103 cm³/mol. The number of sulfonamides is 1. The number of benzene rings is 2. The Morgan fingerprint density at radius 3 is 2.31 bits per heavy atom. The maximum Gasteiger partial charge on any atom is 0.416 e. The zero-order valence-corrected chi connectivity index (χ0v) is 16.3. The van der Waals surface area contributed by atoms with E-state index in [-0.39, 0.29) is 4.90 Å². The van der Waals surface area contributed by atoms with Crippen molar-refractivity contribution >= 4 is 21.1 Å². The van der Waals surface area contributed by atoms with Gasteiger partial charge in [-0.25, -0.2) is 13.4 Å². The summed E-state index contributed by atoms with van der Waals surface area (Å²) in [6, 6.07) is 11.5. The zero-order valence-electron chi connectivity index (χ0n) is 15.5. The second-order valence-electron chi connectivity index (χ2n) is 7.26. The fourth-order valence-electron chi connectivity index (χ4n) is 3.73. The fourth-order valence-corrected chi connectivity index (χ4v) is 5.20. The molecule has 0 atom stereocenters. The molecule has 0 aliphatic carbocycles. The molecule has 1 fully saturated rings. The molecule has 0 spiro atoms. The number of nitrogens with zero attached hydrogens (tertiary/aromatic N) is 3. The molecule has 1 aromatic heterocycles. The van der Waals surface area contributed by atoms with Gasteiger partial charge in [0.15, 0.2) is 0 Å². The Bertz CT molecular complexity index is 1100. The maximum atomic E-state index is 12.8. The summed E-state index contributed by atoms with van der Waals surface area (Å²) in [4.78, 5) is 4.27. The summed E-state index contributed by atoms with van der Waals surface area (Å²) < 4.78 is 67.1. The molecule has 2 aromatic carbocycles. The number of rotatable bonds is 4. The van der Waals surface area contributed by atoms with E-state index in [1.54, 1.807) is 6.33 Å². The number of piperidine rings is 1. The third-order valence-corrected chi connectivity index (χ3v) is 7.29. The molecule has 0 amide bonds. The topological polar surface area (TPSA) is 55.2 Å². The van der Waals surface area contributed by atoms with Gasteiger partial charge in [-0.05, 0) is 55.2 Å². The first-order valence-electron chi connectivity index (χ1n) is 9.32. The van der Waals surface area contributed by atoms with Gasteiger partial charge in [-0.1, -0.05) is 12.1 Å². The lowest BCUT2D eigenvalue weighted by atomic mass is 9.98. The average Bonchev–Trinajstić information content (AvgIpc) is 3.11. The van der Waals surface area contributed by atoms with E-state index in [0.29, 0.717) is 31.8 Å². The van der Waals surface area contributed by atoms with Crippen molar-refractivity contribution < 1.29 is 21.6 Å². The molecule has 1 saturated heterocycles. The van der Waals surface area contributed by atoms with Crippen molar-refractivity contribution in [3.63, 3.8) is 0 Å². The third-order valence-electron chi connectivity index (χ3n) is 5.38. The van der Waals surface area contributed by atoms with Crippen LogP contribution in [0.3, 0.4) is 0 Å². The van der Waals surface area contributed by atoms with Crippen LogP contribution >= 0.6 is 0 Å². The van der Waals surface area contributed by atoms with Crippen LogP contribution in [0.25, 0.3) is 11.0 Å². The van der Waals surface area contributed by atoms with Gasteiger partial charge in [-0.3, -0.25) is 0 Å². The number of hydrogen-bond donors (Lipinski definition) is 0. The minimum absolute atomic E-state index is 0.107. The highest BCUT2D eigenvalue weighted by Crippen LogP contribution is 2.31. The summed E-state index contributed by atoms with van der Waals surface area (Å²) in [5.41, 5.74) is 1.12. The summed E-state index contributed by atoms with van der Waals surface area (Å²) in [6.07, 6.45) is -1.31. The monoisotopic (exact) mass is 423 g/mol. The molecule has 154 valence electrons. The lowest BCUT2D eigenvalue weighted by Gasteiger charge is -2.31. The van der Waals surface area contributed by atoms with Crippen LogP contribution in [0.15, 0.2) is 59.8 Å². The standard InChI is InChI=1S/C20H20F3N3O2S/c21-20(22,23)16-5-7-17(8-6-16)29(27,28)26-11-9-15(10-12-26)13-25-14-24-18-3-1-2-4-19(18)25/h1-8,14-15H,9-13H2. The second-order valence-corrected chi connectivity index (χ2v) is 9.19. The van der Waals surface area contributed by atoms with Crippen molar-refractivity contribution in [2.75, 3.05) is 13.1 Å². The molecule has 4 rings (SSSR count). The van der Waals surface area contributed by atoms with Gasteiger partial charge < -0.3 is 4.57 Å². The molecule has 1 aliphatic rings. The summed E-state index contributed by atoms with van der Waals surface area (Å²) in [5.74, 6) is 0.312. The van der Waals surface area contributed by atoms with Crippen LogP contribution in [0, 0.1) is 5.92 Å². The van der Waals surface area contributed by atoms with Crippen LogP contribution in [-0.2, 0) is 22.7 Å². The molecular weight excluding hydrogens is 403 g/mol. The number of alkyl halides is 3. The van der Waals surface area contributed by atoms with Crippen molar-refractivity contribution in [3.05, 3.63) is 60.4 Å². The van der Waals surface area contributed by atoms with Crippen LogP contribution in [0.1, 0.15) is 18.4 Å². The Hall–Kier alpha value is -2.39. The molecule has 1 aliphatic heterocycles. The van der Waals surface area contributed by atoms with E-state index in [2.05, 4.69) is 9.55 Å². The predicted octanol–water partition coefficient (Wildman–Crippen LogP) is 4.16. The summed E-state index contributed by atoms with van der Waals surface area (Å²) in [6.45, 7) is 1.45. The minimum Gasteiger partial charge on any atom is -0.330 e. The summed E-state index contributed by atoms with van der Waals surface area (Å²) >= 11 is 0. The van der Waals surface area contributed by atoms with Gasteiger partial charge in [0.2, 0.25) is 10.0 Å². The largest absolute Gasteiger partial charge is 0.416 e. The van der Waals surface area contributed by atoms with Gasteiger partial charge in [-0.15, -0.1) is 0 Å². The molecule has 0 N–H and O–H groups in total. The van der Waals surface area contributed by atoms with Crippen molar-refractivity contribution in [2.24, 2.45) is 5.92 Å². The molecule has 0 saturated carbocycles. The Labute approximate surface area is 166 Å². The van der Waals surface area contributed by atoms with E-state index in [1.807, 2.05) is 24.3 Å². The zero-order chi connectivity index (χ0) is 20.6. The lowest BCUT2D eigenvalue weighted by Crippen LogP contribution is -2.39. The first kappa shape index (κ1) is 19.9. The van der Waals surface area contributed by atoms with Crippen molar-refractivity contribution in [1.29, 1.82) is 0 Å². The van der Waals surface area contributed by atoms with Crippen LogP contribution < -0.4 is 0 Å². The average molecular weight is 423 g/mol. The Morgan fingerprint density at radius 1 is 1.00 bits per heavy atom. The maximum absolute atomic E-state index is 12.8. The quantitative estimate of drug-likeness (QED) is 0.633. The Balaban J connectivity index is 1.42. The lowest BCUT2D eigenvalue weighted by molar-refractivity contribution is -0.137. The van der Waals surface area contributed by atoms with Crippen LogP contribution in [0.5, 0.6) is 0 Å². The van der Waals surface area contributed by atoms with E-state index in [0.717, 1.165) is 41.8 Å². The van der Waals surface area contributed by atoms with Crippen LogP contribution in [0.4, 0.5) is 13.2 Å². The van der Waals surface area contributed by atoms with E-state index >= 15 is 0 Å². The highest BCUT2D eigenvalue weighted by molar-refractivity contribution is 7.89. The molecule has 2 heterocycles. The normalized spacial score (nSPS) is 17.1. The number of para-hydroxylation sites is 2. The molecule has 29 heavy (non-hydrogen) atoms. The van der Waals surface area contributed by atoms with Crippen LogP contribution in [-0.4, -0.2) is 35.4 Å². The molecule has 9 heteroatoms. The number of halogens is 3. The smallest absolute Gasteiger partial charge is 0.330 e. The number of aromatic nitrogens is 2. The summed E-state index contributed by atoms with van der Waals surface area (Å²) in [7, 11) is -3.80. The molecule has 0 radical (unpaired) electrons. The summed E-state index contributed by atoms with van der Waals surface area (Å²) in [5, 5.41) is 0. The molecular formula is C20H20F3N3O2S. The number of imidazole rings is 1. The van der Waals surface area contributed by atoms with Crippen LogP contribution in [0.2, 0.25) is 0 Å². The second kappa shape index (κ2) is 7.46. The minimum atomic E-state index is -4.49. The Kier molecular flexibility index (Phi) is 5.12. The SMILES string of the molecule is O=S(=O)(c1ccc(C(F)(F)F)cc1)N1CCC(Cn2cnc3ccccc32)CC1. The van der Waals surface area contributed by atoms with Gasteiger partial charge in [0.05, 0.1) is 27.8 Å². The van der Waals surface area contributed by atoms with E-state index < -0.39 is 21.8 Å². The van der Waals surface area contributed by atoms with E-state index in [9.17, 15) is 21.6 Å². The van der Waals surface area contributed by atoms with E-state index in [1.165, 1.54) is 4.31 Å². The van der Waals surface area contributed by atoms with Gasteiger partial charge in [-0.2, -0.15) is 17.5 Å². The van der Waals surface area contributed by atoms with Gasteiger partial charge in [0.25, 0.3) is 0 Å². The molecule has 5 nitrogen and oxygen atoms in total. The third kappa shape index (κ3) is 4.02. The van der Waals surface area contributed by atoms with Crippen molar-refractivity contribution in [3.8, 4) is 0 Å². The van der Waals surface area contributed by atoms with E-state index in [4.69, 9.17) is 0 Å². The highest BCUT2D eigenvalue weighted by Gasteiger charge is 2.33. The first-order chi connectivity index (χ1) is 13.7. The first-order valence-corrected chi connectivity index (χ1v) is 10.8. The number of fused-ring (bicyclic) bond motifs is 1. The van der Waals surface area contributed by atoms with Gasteiger partial charge >= 0.3 is 6.18 Å².